The van der Waals surface area contributed by atoms with Gasteiger partial charge in [0.25, 0.3) is 0 Å². The zero-order valence-electron chi connectivity index (χ0n) is 22.0. The Bertz CT molecular complexity index is 1350. The molecule has 0 heterocycles. The van der Waals surface area contributed by atoms with E-state index in [4.69, 9.17) is 42.4 Å². The van der Waals surface area contributed by atoms with Gasteiger partial charge in [-0.25, -0.2) is 4.79 Å². The van der Waals surface area contributed by atoms with Crippen molar-refractivity contribution in [3.8, 4) is 0 Å². The van der Waals surface area contributed by atoms with Gasteiger partial charge in [-0.1, -0.05) is 89.5 Å². The maximum Gasteiger partial charge on any atom is 0.341 e. The number of methoxy groups -OCH3 is 2. The lowest BCUT2D eigenvalue weighted by molar-refractivity contribution is -0.133. The molecule has 3 aromatic rings. The number of hydrogen-bond donors (Lipinski definition) is 1. The molecular formula is C30H30Cl2N2O5. The summed E-state index contributed by atoms with van der Waals surface area (Å²) in [6.45, 7) is 4.17. The van der Waals surface area contributed by atoms with E-state index in [1.807, 2.05) is 54.6 Å². The van der Waals surface area contributed by atoms with E-state index in [1.165, 1.54) is 27.6 Å². The van der Waals surface area contributed by atoms with E-state index >= 15 is 0 Å². The number of carbonyl (C=O) groups is 1. The summed E-state index contributed by atoms with van der Waals surface area (Å²) in [7, 11) is 4.24. The zero-order chi connectivity index (χ0) is 28.2. The monoisotopic (exact) mass is 568 g/mol. The topological polar surface area (TPSA) is 78.4 Å². The van der Waals surface area contributed by atoms with E-state index in [0.29, 0.717) is 27.0 Å². The fraction of sp³-hybridized carbons (Fsp3) is 0.200. The predicted molar refractivity (Wildman–Crippen MR) is 154 cm³/mol. The number of hydroxylamine groups is 1. The molecule has 3 aromatic carbocycles. The molecule has 3 rings (SSSR count). The van der Waals surface area contributed by atoms with E-state index in [-0.39, 0.29) is 12.2 Å². The van der Waals surface area contributed by atoms with Crippen molar-refractivity contribution in [1.29, 1.82) is 0 Å². The molecular weight excluding hydrogens is 539 g/mol. The Morgan fingerprint density at radius 2 is 1.72 bits per heavy atom. The first-order valence-corrected chi connectivity index (χ1v) is 12.7. The number of oxime groups is 1. The molecule has 0 amide bonds. The molecule has 0 unspecified atom stereocenters. The summed E-state index contributed by atoms with van der Waals surface area (Å²) in [5.74, 6) is -0.518. The van der Waals surface area contributed by atoms with Gasteiger partial charge in [0.1, 0.15) is 25.0 Å². The van der Waals surface area contributed by atoms with Crippen LogP contribution in [0.5, 0.6) is 0 Å². The first kappa shape index (κ1) is 29.8. The number of allylic oxidation sites excluding steroid dienone is 1. The van der Waals surface area contributed by atoms with Gasteiger partial charge in [0.15, 0.2) is 0 Å². The smallest absolute Gasteiger partial charge is 0.341 e. The summed E-state index contributed by atoms with van der Waals surface area (Å²) in [6.07, 6.45) is 2.94. The van der Waals surface area contributed by atoms with E-state index in [0.717, 1.165) is 35.1 Å². The molecule has 0 aliphatic carbocycles. The van der Waals surface area contributed by atoms with Crippen LogP contribution in [0.2, 0.25) is 10.0 Å². The minimum atomic E-state index is -0.518. The van der Waals surface area contributed by atoms with E-state index in [9.17, 15) is 4.79 Å². The predicted octanol–water partition coefficient (Wildman–Crippen LogP) is 6.52. The average molecular weight is 569 g/mol. The summed E-state index contributed by atoms with van der Waals surface area (Å²) < 4.78 is 9.95. The third-order valence-corrected chi connectivity index (χ3v) is 6.35. The molecule has 0 saturated heterocycles. The van der Waals surface area contributed by atoms with Crippen LogP contribution in [0.15, 0.2) is 90.4 Å². The number of benzene rings is 3. The van der Waals surface area contributed by atoms with E-state index in [2.05, 4.69) is 17.2 Å². The number of aryl methyl sites for hydroxylation is 2. The Balaban J connectivity index is 1.65. The standard InChI is InChI=1S/C30H30Cl2N2O5/c1-20(33-39-18-24-7-5-6-8-26(24)27(19-36-2)30(35)37-3)29(34-38-4)23-13-10-21(11-14-23)9-12-22-15-16-25(31)17-28(22)32/h5-8,10-11,13-17,19,33H,1,9,12,18H2,2-4H3. The highest BCUT2D eigenvalue weighted by Gasteiger charge is 2.17. The van der Waals surface area contributed by atoms with Gasteiger partial charge in [0.05, 0.1) is 26.2 Å². The van der Waals surface area contributed by atoms with Gasteiger partial charge >= 0.3 is 5.97 Å². The number of ether oxygens (including phenoxy) is 2. The highest BCUT2D eigenvalue weighted by atomic mass is 35.5. The van der Waals surface area contributed by atoms with Gasteiger partial charge in [0, 0.05) is 15.6 Å². The zero-order valence-corrected chi connectivity index (χ0v) is 23.5. The summed E-state index contributed by atoms with van der Waals surface area (Å²) >= 11 is 12.3. The van der Waals surface area contributed by atoms with Crippen LogP contribution in [-0.2, 0) is 43.4 Å². The molecule has 0 bridgehead atoms. The molecule has 204 valence electrons. The van der Waals surface area contributed by atoms with Crippen molar-refractivity contribution in [2.45, 2.75) is 19.4 Å². The average Bonchev–Trinajstić information content (AvgIpc) is 2.94. The fourth-order valence-corrected chi connectivity index (χ4v) is 4.32. The van der Waals surface area contributed by atoms with Crippen molar-refractivity contribution < 1.29 is 23.9 Å². The number of carbonyl (C=O) groups excluding carboxylic acids is 1. The normalized spacial score (nSPS) is 11.6. The highest BCUT2D eigenvalue weighted by Crippen LogP contribution is 2.23. The van der Waals surface area contributed by atoms with Gasteiger partial charge in [-0.3, -0.25) is 10.3 Å². The van der Waals surface area contributed by atoms with Crippen molar-refractivity contribution >= 4 is 40.5 Å². The molecule has 39 heavy (non-hydrogen) atoms. The van der Waals surface area contributed by atoms with Gasteiger partial charge in [0.2, 0.25) is 0 Å². The van der Waals surface area contributed by atoms with Crippen LogP contribution in [0.25, 0.3) is 5.57 Å². The quantitative estimate of drug-likeness (QED) is 0.0830. The molecule has 0 aromatic heterocycles. The lowest BCUT2D eigenvalue weighted by atomic mass is 10.0. The molecule has 0 fully saturated rings. The SMILES string of the molecule is C=C(NOCc1ccccc1C(=COC)C(=O)OC)C(=NOC)c1ccc(CCc2ccc(Cl)cc2Cl)cc1. The maximum atomic E-state index is 12.2. The summed E-state index contributed by atoms with van der Waals surface area (Å²) in [5, 5.41) is 5.41. The summed E-state index contributed by atoms with van der Waals surface area (Å²) in [6, 6.07) is 20.7. The van der Waals surface area contributed by atoms with Crippen molar-refractivity contribution in [2.24, 2.45) is 5.16 Å². The van der Waals surface area contributed by atoms with Crippen molar-refractivity contribution in [2.75, 3.05) is 21.3 Å². The van der Waals surface area contributed by atoms with E-state index < -0.39 is 5.97 Å². The number of nitrogens with zero attached hydrogens (tertiary/aromatic N) is 1. The largest absolute Gasteiger partial charge is 0.503 e. The summed E-state index contributed by atoms with van der Waals surface area (Å²) in [4.78, 5) is 23.0. The van der Waals surface area contributed by atoms with Gasteiger partial charge in [-0.05, 0) is 47.2 Å². The van der Waals surface area contributed by atoms with Crippen molar-refractivity contribution in [1.82, 2.24) is 5.48 Å². The lowest BCUT2D eigenvalue weighted by Gasteiger charge is -2.15. The number of halogens is 2. The van der Waals surface area contributed by atoms with Crippen LogP contribution in [0, 0.1) is 0 Å². The van der Waals surface area contributed by atoms with E-state index in [1.54, 1.807) is 12.1 Å². The molecule has 0 atom stereocenters. The number of nitrogens with one attached hydrogen (secondary N) is 1. The second-order valence-electron chi connectivity index (χ2n) is 8.34. The highest BCUT2D eigenvalue weighted by molar-refractivity contribution is 6.35. The van der Waals surface area contributed by atoms with Crippen LogP contribution in [0.4, 0.5) is 0 Å². The Kier molecular flexibility index (Phi) is 11.4. The lowest BCUT2D eigenvalue weighted by Crippen LogP contribution is -2.21. The van der Waals surface area contributed by atoms with Crippen molar-refractivity contribution in [3.63, 3.8) is 0 Å². The molecule has 0 aliphatic heterocycles. The van der Waals surface area contributed by atoms with Crippen LogP contribution in [-0.4, -0.2) is 33.0 Å². The second-order valence-corrected chi connectivity index (χ2v) is 9.18. The minimum Gasteiger partial charge on any atom is -0.503 e. The van der Waals surface area contributed by atoms with Gasteiger partial charge in [-0.15, -0.1) is 0 Å². The third kappa shape index (κ3) is 8.35. The van der Waals surface area contributed by atoms with Crippen LogP contribution < -0.4 is 5.48 Å². The van der Waals surface area contributed by atoms with Gasteiger partial charge in [-0.2, -0.15) is 0 Å². The first-order chi connectivity index (χ1) is 18.9. The Morgan fingerprint density at radius 3 is 2.38 bits per heavy atom. The molecule has 9 heteroatoms. The second kappa shape index (κ2) is 15.0. The Labute approximate surface area is 238 Å². The third-order valence-electron chi connectivity index (χ3n) is 5.77. The summed E-state index contributed by atoms with van der Waals surface area (Å²) in [5.41, 5.74) is 8.32. The molecule has 0 radical (unpaired) electrons. The maximum absolute atomic E-state index is 12.2. The Hall–Kier alpha value is -3.78. The number of rotatable bonds is 13. The van der Waals surface area contributed by atoms with Crippen LogP contribution in [0.1, 0.15) is 27.8 Å². The van der Waals surface area contributed by atoms with Gasteiger partial charge < -0.3 is 14.3 Å². The molecule has 0 aliphatic rings. The molecule has 7 nitrogen and oxygen atoms in total. The molecule has 0 spiro atoms. The van der Waals surface area contributed by atoms with Crippen LogP contribution >= 0.6 is 23.2 Å². The first-order valence-electron chi connectivity index (χ1n) is 12.0. The van der Waals surface area contributed by atoms with Crippen molar-refractivity contribution in [3.05, 3.63) is 123 Å². The van der Waals surface area contributed by atoms with Crippen LogP contribution in [0.3, 0.4) is 0 Å². The Morgan fingerprint density at radius 1 is 0.974 bits per heavy atom. The minimum absolute atomic E-state index is 0.125. The molecule has 1 N–H and O–H groups in total. The number of hydrogen-bond acceptors (Lipinski definition) is 7. The fourth-order valence-electron chi connectivity index (χ4n) is 3.81. The molecule has 0 saturated carbocycles. The number of esters is 1.